The number of thiazole rings is 1. The minimum Gasteiger partial charge on any atom is -0.490 e. The van der Waals surface area contributed by atoms with Crippen molar-refractivity contribution in [3.63, 3.8) is 0 Å². The van der Waals surface area contributed by atoms with E-state index in [4.69, 9.17) is 44.3 Å². The summed E-state index contributed by atoms with van der Waals surface area (Å²) in [5, 5.41) is 11.8. The Kier molecular flexibility index (Phi) is 10.2. The van der Waals surface area contributed by atoms with Crippen LogP contribution in [-0.2, 0) is 6.61 Å². The number of benzene rings is 4. The number of anilines is 2. The molecule has 0 aliphatic heterocycles. The van der Waals surface area contributed by atoms with E-state index in [1.54, 1.807) is 42.6 Å². The molecular formula is C32H25Cl3N4O3S. The second-order valence-electron chi connectivity index (χ2n) is 9.11. The normalized spacial score (nSPS) is 11.0. The predicted octanol–water partition coefficient (Wildman–Crippen LogP) is 9.26. The highest BCUT2D eigenvalue weighted by Gasteiger charge is 2.10. The molecule has 0 saturated heterocycles. The number of nitrogens with zero attached hydrogens (tertiary/aromatic N) is 2. The van der Waals surface area contributed by atoms with Crippen LogP contribution < -0.4 is 20.2 Å². The third-order valence-corrected chi connectivity index (χ3v) is 7.68. The smallest absolute Gasteiger partial charge is 0.271 e. The lowest BCUT2D eigenvalue weighted by molar-refractivity contribution is 0.0955. The van der Waals surface area contributed by atoms with E-state index < -0.39 is 0 Å². The molecule has 0 radical (unpaired) electrons. The molecule has 5 rings (SSSR count). The number of aromatic nitrogens is 1. The Morgan fingerprint density at radius 1 is 0.907 bits per heavy atom. The van der Waals surface area contributed by atoms with Gasteiger partial charge in [0.1, 0.15) is 6.61 Å². The molecule has 218 valence electrons. The number of hydrogen-bond acceptors (Lipinski definition) is 7. The van der Waals surface area contributed by atoms with E-state index in [2.05, 4.69) is 20.8 Å². The third kappa shape index (κ3) is 8.27. The van der Waals surface area contributed by atoms with E-state index in [1.807, 2.05) is 60.8 Å². The average Bonchev–Trinajstić information content (AvgIpc) is 3.47. The number of hydrazone groups is 1. The minimum atomic E-state index is -0.337. The van der Waals surface area contributed by atoms with Crippen molar-refractivity contribution in [2.24, 2.45) is 5.10 Å². The predicted molar refractivity (Wildman–Crippen MR) is 176 cm³/mol. The van der Waals surface area contributed by atoms with Crippen LogP contribution in [0.3, 0.4) is 0 Å². The number of carbonyl (C=O) groups is 1. The molecule has 7 nitrogen and oxygen atoms in total. The Morgan fingerprint density at radius 2 is 1.67 bits per heavy atom. The number of rotatable bonds is 11. The van der Waals surface area contributed by atoms with Crippen LogP contribution in [-0.4, -0.2) is 23.7 Å². The van der Waals surface area contributed by atoms with Crippen LogP contribution in [0.2, 0.25) is 15.1 Å². The van der Waals surface area contributed by atoms with Gasteiger partial charge in [0, 0.05) is 42.8 Å². The zero-order valence-corrected chi connectivity index (χ0v) is 25.9. The summed E-state index contributed by atoms with van der Waals surface area (Å²) in [4.78, 5) is 17.3. The van der Waals surface area contributed by atoms with Crippen LogP contribution in [0.4, 0.5) is 10.8 Å². The summed E-state index contributed by atoms with van der Waals surface area (Å²) in [7, 11) is 0. The molecule has 0 atom stereocenters. The molecular weight excluding hydrogens is 627 g/mol. The summed E-state index contributed by atoms with van der Waals surface area (Å²) < 4.78 is 11.7. The fraction of sp³-hybridized carbons (Fsp3) is 0.0938. The van der Waals surface area contributed by atoms with Gasteiger partial charge in [0.25, 0.3) is 5.91 Å². The van der Waals surface area contributed by atoms with Gasteiger partial charge in [0.05, 0.1) is 18.5 Å². The molecule has 5 aromatic rings. The molecule has 0 spiro atoms. The van der Waals surface area contributed by atoms with Crippen LogP contribution >= 0.6 is 46.1 Å². The van der Waals surface area contributed by atoms with Crippen molar-refractivity contribution >= 4 is 69.1 Å². The third-order valence-electron chi connectivity index (χ3n) is 6.09. The highest BCUT2D eigenvalue weighted by atomic mass is 35.5. The topological polar surface area (TPSA) is 84.8 Å². The molecule has 0 bridgehead atoms. The highest BCUT2D eigenvalue weighted by Crippen LogP contribution is 2.31. The molecule has 1 amide bonds. The SMILES string of the molecule is CCOc1cc(/C=N\NC(=O)c2ccc(-c3csc(Nc4ccc(Cl)cc4)n3)cc2)ccc1OCc1ccc(Cl)cc1Cl. The van der Waals surface area contributed by atoms with Gasteiger partial charge in [-0.25, -0.2) is 10.4 Å². The number of halogens is 3. The molecule has 43 heavy (non-hydrogen) atoms. The van der Waals surface area contributed by atoms with Crippen molar-refractivity contribution in [1.29, 1.82) is 0 Å². The zero-order chi connectivity index (χ0) is 30.2. The molecule has 0 unspecified atom stereocenters. The van der Waals surface area contributed by atoms with Crippen LogP contribution in [0.15, 0.2) is 95.4 Å². The summed E-state index contributed by atoms with van der Waals surface area (Å²) in [6.07, 6.45) is 1.54. The monoisotopic (exact) mass is 650 g/mol. The first-order valence-electron chi connectivity index (χ1n) is 13.1. The van der Waals surface area contributed by atoms with E-state index in [1.165, 1.54) is 11.3 Å². The van der Waals surface area contributed by atoms with Crippen LogP contribution in [0, 0.1) is 0 Å². The molecule has 0 aliphatic rings. The molecule has 0 fully saturated rings. The number of nitrogens with one attached hydrogen (secondary N) is 2. The zero-order valence-electron chi connectivity index (χ0n) is 22.8. The quantitative estimate of drug-likeness (QED) is 0.110. The lowest BCUT2D eigenvalue weighted by atomic mass is 10.1. The van der Waals surface area contributed by atoms with Gasteiger partial charge in [-0.05, 0) is 79.2 Å². The number of ether oxygens (including phenoxy) is 2. The van der Waals surface area contributed by atoms with Crippen molar-refractivity contribution in [2.75, 3.05) is 11.9 Å². The number of carbonyl (C=O) groups excluding carboxylic acids is 1. The molecule has 1 aromatic heterocycles. The van der Waals surface area contributed by atoms with Crippen molar-refractivity contribution in [2.45, 2.75) is 13.5 Å². The maximum absolute atomic E-state index is 12.7. The van der Waals surface area contributed by atoms with Gasteiger partial charge in [-0.15, -0.1) is 11.3 Å². The summed E-state index contributed by atoms with van der Waals surface area (Å²) in [6.45, 7) is 2.59. The minimum absolute atomic E-state index is 0.252. The van der Waals surface area contributed by atoms with Gasteiger partial charge in [0.15, 0.2) is 16.6 Å². The first kappa shape index (κ1) is 30.4. The van der Waals surface area contributed by atoms with Gasteiger partial charge in [-0.3, -0.25) is 4.79 Å². The Labute approximate surface area is 268 Å². The molecule has 4 aromatic carbocycles. The van der Waals surface area contributed by atoms with Crippen molar-refractivity contribution in [1.82, 2.24) is 10.4 Å². The van der Waals surface area contributed by atoms with E-state index in [9.17, 15) is 4.79 Å². The largest absolute Gasteiger partial charge is 0.490 e. The fourth-order valence-electron chi connectivity index (χ4n) is 3.93. The second kappa shape index (κ2) is 14.4. The van der Waals surface area contributed by atoms with E-state index in [0.717, 1.165) is 33.2 Å². The number of amides is 1. The van der Waals surface area contributed by atoms with Crippen LogP contribution in [0.1, 0.15) is 28.4 Å². The van der Waals surface area contributed by atoms with Crippen molar-refractivity contribution < 1.29 is 14.3 Å². The Bertz CT molecular complexity index is 1740. The molecule has 2 N–H and O–H groups in total. The van der Waals surface area contributed by atoms with Gasteiger partial charge in [0.2, 0.25) is 0 Å². The standard InChI is InChI=1S/C32H25Cl3N4O3S/c1-2-41-30-15-20(3-14-29(30)42-18-23-8-9-25(34)16-27(23)35)17-36-39-31(40)22-6-4-21(5-7-22)28-19-43-32(38-28)37-26-12-10-24(33)11-13-26/h3-17,19H,2,18H2,1H3,(H,37,38)(H,39,40)/b36-17-. The first-order chi connectivity index (χ1) is 20.9. The Hall–Kier alpha value is -4.08. The summed E-state index contributed by atoms with van der Waals surface area (Å²) in [6, 6.07) is 25.2. The van der Waals surface area contributed by atoms with E-state index in [0.29, 0.717) is 38.7 Å². The Morgan fingerprint density at radius 3 is 2.42 bits per heavy atom. The molecule has 1 heterocycles. The van der Waals surface area contributed by atoms with Crippen LogP contribution in [0.25, 0.3) is 11.3 Å². The summed E-state index contributed by atoms with van der Waals surface area (Å²) >= 11 is 19.7. The number of hydrogen-bond donors (Lipinski definition) is 2. The maximum Gasteiger partial charge on any atom is 0.271 e. The van der Waals surface area contributed by atoms with Gasteiger partial charge >= 0.3 is 0 Å². The first-order valence-corrected chi connectivity index (χ1v) is 15.1. The van der Waals surface area contributed by atoms with E-state index >= 15 is 0 Å². The second-order valence-corrected chi connectivity index (χ2v) is 11.2. The van der Waals surface area contributed by atoms with Gasteiger partial charge in [-0.2, -0.15) is 5.10 Å². The summed E-state index contributed by atoms with van der Waals surface area (Å²) in [5.74, 6) is 0.769. The summed E-state index contributed by atoms with van der Waals surface area (Å²) in [5.41, 5.74) is 7.16. The lowest BCUT2D eigenvalue weighted by Gasteiger charge is -2.13. The van der Waals surface area contributed by atoms with Gasteiger partial charge < -0.3 is 14.8 Å². The van der Waals surface area contributed by atoms with Crippen LogP contribution in [0.5, 0.6) is 11.5 Å². The van der Waals surface area contributed by atoms with Crippen molar-refractivity contribution in [3.8, 4) is 22.8 Å². The van der Waals surface area contributed by atoms with E-state index in [-0.39, 0.29) is 12.5 Å². The average molecular weight is 652 g/mol. The Balaban J connectivity index is 1.17. The molecule has 0 aliphatic carbocycles. The fourth-order valence-corrected chi connectivity index (χ4v) is 5.26. The molecule has 0 saturated carbocycles. The van der Waals surface area contributed by atoms with Gasteiger partial charge in [-0.1, -0.05) is 53.0 Å². The maximum atomic E-state index is 12.7. The molecule has 11 heteroatoms. The van der Waals surface area contributed by atoms with Crippen molar-refractivity contribution in [3.05, 3.63) is 122 Å². The lowest BCUT2D eigenvalue weighted by Crippen LogP contribution is -2.17. The highest BCUT2D eigenvalue weighted by molar-refractivity contribution is 7.14.